The number of hydrogen-bond donors (Lipinski definition) is 2. The molecule has 6 heterocycles. The minimum absolute atomic E-state index is 0.0648. The molecule has 10 heteroatoms. The molecule has 2 atom stereocenters. The SMILES string of the molecule is CC1=CC(C)=NC(=O)C1CNC(=O)c1cc2cc(-c3ccc(N4CCNCC4)nc3)cn2c(C(C)N2CCOCC2)c1C. The average Bonchev–Trinajstić information content (AvgIpc) is 3.44. The third kappa shape index (κ3) is 6.00. The quantitative estimate of drug-likeness (QED) is 0.440. The van der Waals surface area contributed by atoms with E-state index in [0.29, 0.717) is 24.5 Å². The summed E-state index contributed by atoms with van der Waals surface area (Å²) < 4.78 is 7.85. The van der Waals surface area contributed by atoms with Gasteiger partial charge in [0.05, 0.1) is 19.1 Å². The van der Waals surface area contributed by atoms with Crippen LogP contribution in [0.15, 0.2) is 53.3 Å². The van der Waals surface area contributed by atoms with Gasteiger partial charge in [0, 0.05) is 97.9 Å². The number of carbonyl (C=O) groups excluding carboxylic acids is 2. The molecule has 0 aliphatic carbocycles. The van der Waals surface area contributed by atoms with Crippen molar-refractivity contribution in [1.29, 1.82) is 0 Å². The average molecular weight is 584 g/mol. The van der Waals surface area contributed by atoms with Crippen molar-refractivity contribution in [2.45, 2.75) is 33.7 Å². The number of fused-ring (bicyclic) bond motifs is 1. The van der Waals surface area contributed by atoms with Crippen LogP contribution >= 0.6 is 0 Å². The molecule has 0 aromatic carbocycles. The summed E-state index contributed by atoms with van der Waals surface area (Å²) in [6, 6.07) is 8.38. The normalized spacial score (nSPS) is 20.6. The number of dihydropyridines is 1. The lowest BCUT2D eigenvalue weighted by Crippen LogP contribution is -2.43. The standard InChI is InChI=1S/C33H41N7O3/c1-21-15-22(2)37-33(42)29(21)19-36-32(41)28-17-27-16-26(25-5-6-30(35-18-25)39-9-7-34-8-10-39)20-40(27)31(23(28)3)24(4)38-11-13-43-14-12-38/h5-6,15-18,20,24,29,34H,7-14,19H2,1-4H3,(H,36,41). The van der Waals surface area contributed by atoms with Crippen molar-refractivity contribution < 1.29 is 14.3 Å². The number of nitrogens with zero attached hydrogens (tertiary/aromatic N) is 5. The second-order valence-electron chi connectivity index (χ2n) is 11.8. The van der Waals surface area contributed by atoms with Crippen molar-refractivity contribution >= 4 is 28.9 Å². The van der Waals surface area contributed by atoms with Gasteiger partial charge < -0.3 is 24.7 Å². The Labute approximate surface area is 252 Å². The molecule has 10 nitrogen and oxygen atoms in total. The van der Waals surface area contributed by atoms with Gasteiger partial charge >= 0.3 is 0 Å². The van der Waals surface area contributed by atoms with E-state index in [9.17, 15) is 9.59 Å². The van der Waals surface area contributed by atoms with E-state index >= 15 is 0 Å². The van der Waals surface area contributed by atoms with E-state index in [-0.39, 0.29) is 24.4 Å². The Kier molecular flexibility index (Phi) is 8.43. The Morgan fingerprint density at radius 2 is 1.86 bits per heavy atom. The molecule has 0 bridgehead atoms. The van der Waals surface area contributed by atoms with E-state index in [1.165, 1.54) is 0 Å². The highest BCUT2D eigenvalue weighted by Crippen LogP contribution is 2.32. The number of carbonyl (C=O) groups is 2. The number of allylic oxidation sites excluding steroid dienone is 1. The molecule has 3 aliphatic rings. The van der Waals surface area contributed by atoms with Crippen LogP contribution in [0.1, 0.15) is 48.4 Å². The predicted molar refractivity (Wildman–Crippen MR) is 169 cm³/mol. The largest absolute Gasteiger partial charge is 0.379 e. The van der Waals surface area contributed by atoms with Gasteiger partial charge in [-0.05, 0) is 63.6 Å². The Bertz CT molecular complexity index is 1580. The maximum Gasteiger partial charge on any atom is 0.254 e. The van der Waals surface area contributed by atoms with Crippen LogP contribution < -0.4 is 15.5 Å². The molecule has 0 radical (unpaired) electrons. The lowest BCUT2D eigenvalue weighted by molar-refractivity contribution is -0.120. The summed E-state index contributed by atoms with van der Waals surface area (Å²) in [4.78, 5) is 39.9. The fourth-order valence-corrected chi connectivity index (χ4v) is 6.51. The summed E-state index contributed by atoms with van der Waals surface area (Å²) in [6.45, 7) is 15.1. The van der Waals surface area contributed by atoms with Gasteiger partial charge in [-0.25, -0.2) is 9.98 Å². The van der Waals surface area contributed by atoms with Gasteiger partial charge in [0.25, 0.3) is 11.8 Å². The molecular weight excluding hydrogens is 542 g/mol. The van der Waals surface area contributed by atoms with Crippen molar-refractivity contribution in [1.82, 2.24) is 24.9 Å². The van der Waals surface area contributed by atoms with Crippen LogP contribution in [0.2, 0.25) is 0 Å². The van der Waals surface area contributed by atoms with Gasteiger partial charge in [0.1, 0.15) is 5.82 Å². The summed E-state index contributed by atoms with van der Waals surface area (Å²) in [5.41, 5.74) is 7.26. The number of anilines is 1. The van der Waals surface area contributed by atoms with Crippen molar-refractivity contribution in [2.24, 2.45) is 10.9 Å². The molecule has 3 aromatic heterocycles. The Hall–Kier alpha value is -3.86. The molecular formula is C33H41N7O3. The predicted octanol–water partition coefficient (Wildman–Crippen LogP) is 3.41. The number of morpholine rings is 1. The summed E-state index contributed by atoms with van der Waals surface area (Å²) in [5.74, 6) is 0.152. The number of rotatable bonds is 7. The zero-order valence-electron chi connectivity index (χ0n) is 25.5. The summed E-state index contributed by atoms with van der Waals surface area (Å²) in [5, 5.41) is 6.43. The Balaban J connectivity index is 1.33. The molecule has 0 saturated carbocycles. The number of pyridine rings is 2. The third-order valence-electron chi connectivity index (χ3n) is 8.98. The summed E-state index contributed by atoms with van der Waals surface area (Å²) in [7, 11) is 0. The fraction of sp³-hybridized carbons (Fsp3) is 0.455. The topological polar surface area (TPSA) is 104 Å². The highest BCUT2D eigenvalue weighted by atomic mass is 16.5. The number of aromatic nitrogens is 2. The van der Waals surface area contributed by atoms with Gasteiger partial charge in [0.2, 0.25) is 0 Å². The van der Waals surface area contributed by atoms with Crippen LogP contribution in [0.4, 0.5) is 5.82 Å². The zero-order chi connectivity index (χ0) is 30.1. The number of aliphatic imine (C=N–C) groups is 1. The van der Waals surface area contributed by atoms with E-state index in [2.05, 4.69) is 61.1 Å². The first kappa shape index (κ1) is 29.2. The first-order valence-electron chi connectivity index (χ1n) is 15.2. The Morgan fingerprint density at radius 3 is 2.56 bits per heavy atom. The summed E-state index contributed by atoms with van der Waals surface area (Å²) in [6.07, 6.45) is 6.01. The molecule has 0 spiro atoms. The maximum absolute atomic E-state index is 13.7. The molecule has 43 heavy (non-hydrogen) atoms. The van der Waals surface area contributed by atoms with Crippen LogP contribution in [-0.4, -0.2) is 90.8 Å². The number of hydrogen-bond acceptors (Lipinski definition) is 7. The van der Waals surface area contributed by atoms with E-state index in [1.54, 1.807) is 0 Å². The van der Waals surface area contributed by atoms with Gasteiger partial charge in [-0.1, -0.05) is 5.57 Å². The molecule has 3 aromatic rings. The van der Waals surface area contributed by atoms with Crippen molar-refractivity contribution in [3.63, 3.8) is 0 Å². The number of amides is 2. The zero-order valence-corrected chi connectivity index (χ0v) is 25.5. The summed E-state index contributed by atoms with van der Waals surface area (Å²) >= 11 is 0. The monoisotopic (exact) mass is 583 g/mol. The molecule has 3 aliphatic heterocycles. The van der Waals surface area contributed by atoms with Crippen LogP contribution in [0.25, 0.3) is 16.6 Å². The molecule has 2 amide bonds. The number of piperazine rings is 1. The molecule has 2 N–H and O–H groups in total. The second kappa shape index (κ2) is 12.4. The number of ether oxygens (including phenoxy) is 1. The van der Waals surface area contributed by atoms with Gasteiger partial charge in [-0.15, -0.1) is 0 Å². The lowest BCUT2D eigenvalue weighted by Gasteiger charge is -2.34. The first-order valence-corrected chi connectivity index (χ1v) is 15.2. The second-order valence-corrected chi connectivity index (χ2v) is 11.8. The maximum atomic E-state index is 13.7. The molecule has 226 valence electrons. The first-order chi connectivity index (χ1) is 20.8. The molecule has 2 saturated heterocycles. The third-order valence-corrected chi connectivity index (χ3v) is 8.98. The highest BCUT2D eigenvalue weighted by molar-refractivity contribution is 6.06. The van der Waals surface area contributed by atoms with Gasteiger partial charge in [0.15, 0.2) is 0 Å². The van der Waals surface area contributed by atoms with E-state index in [4.69, 9.17) is 9.72 Å². The van der Waals surface area contributed by atoms with E-state index in [0.717, 1.165) is 78.6 Å². The molecule has 2 fully saturated rings. The highest BCUT2D eigenvalue weighted by Gasteiger charge is 2.28. The minimum Gasteiger partial charge on any atom is -0.379 e. The van der Waals surface area contributed by atoms with Crippen molar-refractivity contribution in [3.8, 4) is 11.1 Å². The smallest absolute Gasteiger partial charge is 0.254 e. The molecule has 6 rings (SSSR count). The lowest BCUT2D eigenvalue weighted by atomic mass is 9.95. The van der Waals surface area contributed by atoms with Crippen LogP contribution in [-0.2, 0) is 9.53 Å². The number of nitrogens with one attached hydrogen (secondary N) is 2. The van der Waals surface area contributed by atoms with Gasteiger partial charge in [-0.3, -0.25) is 14.5 Å². The van der Waals surface area contributed by atoms with Gasteiger partial charge in [-0.2, -0.15) is 0 Å². The van der Waals surface area contributed by atoms with Crippen molar-refractivity contribution in [3.05, 3.63) is 65.1 Å². The van der Waals surface area contributed by atoms with E-state index < -0.39 is 5.92 Å². The Morgan fingerprint density at radius 1 is 1.09 bits per heavy atom. The van der Waals surface area contributed by atoms with Crippen molar-refractivity contribution in [2.75, 3.05) is 63.9 Å². The van der Waals surface area contributed by atoms with E-state index in [1.807, 2.05) is 39.1 Å². The van der Waals surface area contributed by atoms with Crippen LogP contribution in [0, 0.1) is 12.8 Å². The van der Waals surface area contributed by atoms with Crippen LogP contribution in [0.5, 0.6) is 0 Å². The molecule has 2 unspecified atom stereocenters. The van der Waals surface area contributed by atoms with Crippen LogP contribution in [0.3, 0.4) is 0 Å². The minimum atomic E-state index is -0.444. The fourth-order valence-electron chi connectivity index (χ4n) is 6.51.